The molecule has 0 unspecified atom stereocenters. The molecule has 82 valence electrons. The summed E-state index contributed by atoms with van der Waals surface area (Å²) in [7, 11) is 11.8. The highest BCUT2D eigenvalue weighted by atomic mass is 16.7. The Morgan fingerprint density at radius 2 is 1.62 bits per heavy atom. The average molecular weight is 218 g/mol. The molecule has 0 saturated carbocycles. The number of hydrogen-bond donors (Lipinski definition) is 0. The Hall–Kier alpha value is 0.0597. The van der Waals surface area contributed by atoms with Crippen molar-refractivity contribution < 1.29 is 18.5 Å². The largest absolute Gasteiger partial charge is 0.485 e. The third-order valence-corrected chi connectivity index (χ3v) is 2.70. The van der Waals surface area contributed by atoms with Crippen LogP contribution in [0.1, 0.15) is 19.8 Å². The summed E-state index contributed by atoms with van der Waals surface area (Å²) in [6.07, 6.45) is 1.36. The minimum absolute atomic E-state index is 0.681. The Balaban J connectivity index is 2.44. The molecule has 0 aromatic carbocycles. The van der Waals surface area contributed by atoms with Gasteiger partial charge in [-0.2, -0.15) is 0 Å². The predicted octanol–water partition coefficient (Wildman–Crippen LogP) is -0.900. The second-order valence-electron chi connectivity index (χ2n) is 3.55. The normalized spacial score (nSPS) is 20.6. The van der Waals surface area contributed by atoms with Gasteiger partial charge in [-0.1, -0.05) is 6.92 Å². The summed E-state index contributed by atoms with van der Waals surface area (Å²) < 4.78 is 19.2. The highest BCUT2D eigenvalue weighted by molar-refractivity contribution is 6.28. The van der Waals surface area contributed by atoms with Gasteiger partial charge >= 0.3 is 15.4 Å². The van der Waals surface area contributed by atoms with Crippen molar-refractivity contribution in [3.63, 3.8) is 0 Å². The van der Waals surface area contributed by atoms with E-state index in [9.17, 15) is 0 Å². The zero-order valence-electron chi connectivity index (χ0n) is 9.43. The number of piperidine rings is 1. The van der Waals surface area contributed by atoms with Crippen molar-refractivity contribution in [1.82, 2.24) is 4.90 Å². The van der Waals surface area contributed by atoms with E-state index < -0.39 is 5.79 Å². The molecule has 1 rings (SSSR count). The number of hydrogen-bond acceptors (Lipinski definition) is 5. The summed E-state index contributed by atoms with van der Waals surface area (Å²) >= 11 is 0. The average Bonchev–Trinajstić information content (AvgIpc) is 2.35. The fourth-order valence-corrected chi connectivity index (χ4v) is 1.70. The monoisotopic (exact) mass is 219 g/mol. The first-order valence-electron chi connectivity index (χ1n) is 5.19. The SMILES string of the molecule is [B]O[B]OC1(O[B]O[B])CCN(CC)CC1. The van der Waals surface area contributed by atoms with Crippen LogP contribution < -0.4 is 0 Å². The van der Waals surface area contributed by atoms with Gasteiger partial charge in [-0.15, -0.1) is 0 Å². The molecule has 0 N–H and O–H groups in total. The Morgan fingerprint density at radius 3 is 2.00 bits per heavy atom. The lowest BCUT2D eigenvalue weighted by atomic mass is 10.0. The van der Waals surface area contributed by atoms with Crippen LogP contribution in [0.3, 0.4) is 0 Å². The molecule has 1 fully saturated rings. The van der Waals surface area contributed by atoms with Gasteiger partial charge in [-0.25, -0.2) is 0 Å². The zero-order chi connectivity index (χ0) is 11.9. The third kappa shape index (κ3) is 4.14. The first-order valence-corrected chi connectivity index (χ1v) is 5.19. The van der Waals surface area contributed by atoms with Crippen molar-refractivity contribution in [3.05, 3.63) is 0 Å². The molecule has 6 radical (unpaired) electrons. The molecule has 1 heterocycles. The van der Waals surface area contributed by atoms with Gasteiger partial charge in [-0.05, 0) is 6.54 Å². The molecule has 16 heavy (non-hydrogen) atoms. The van der Waals surface area contributed by atoms with Crippen molar-refractivity contribution in [2.75, 3.05) is 19.6 Å². The highest BCUT2D eigenvalue weighted by Gasteiger charge is 2.36. The Bertz CT molecular complexity index is 181. The Labute approximate surface area is 101 Å². The molecule has 1 aliphatic heterocycles. The van der Waals surface area contributed by atoms with Crippen LogP contribution in [-0.4, -0.2) is 61.8 Å². The number of likely N-dealkylation sites (tertiary alicyclic amines) is 1. The van der Waals surface area contributed by atoms with Gasteiger partial charge in [0, 0.05) is 25.9 Å². The summed E-state index contributed by atoms with van der Waals surface area (Å²) in [5.41, 5.74) is 0. The van der Waals surface area contributed by atoms with Gasteiger partial charge in [0.2, 0.25) is 0 Å². The lowest BCUT2D eigenvalue weighted by Gasteiger charge is -2.41. The smallest absolute Gasteiger partial charge is 0.472 e. The standard InChI is InChI=1S/C7H13B4NO4/c1-2-12-5-3-7(4-6-12,13-10-15-8)14-11-16-9/h2-6H2,1H3. The molecule has 0 atom stereocenters. The minimum Gasteiger partial charge on any atom is -0.485 e. The summed E-state index contributed by atoms with van der Waals surface area (Å²) in [6, 6.07) is 0. The zero-order valence-corrected chi connectivity index (χ0v) is 9.43. The van der Waals surface area contributed by atoms with Gasteiger partial charge in [-0.3, -0.25) is 0 Å². The quantitative estimate of drug-likeness (QED) is 0.409. The van der Waals surface area contributed by atoms with E-state index in [-0.39, 0.29) is 0 Å². The second kappa shape index (κ2) is 7.40. The Kier molecular flexibility index (Phi) is 6.53. The highest BCUT2D eigenvalue weighted by Crippen LogP contribution is 2.26. The van der Waals surface area contributed by atoms with Crippen molar-refractivity contribution >= 4 is 31.5 Å². The van der Waals surface area contributed by atoms with Crippen molar-refractivity contribution in [3.8, 4) is 0 Å². The fraction of sp³-hybridized carbons (Fsp3) is 1.00. The first kappa shape index (κ1) is 14.1. The molecule has 0 aromatic heterocycles. The topological polar surface area (TPSA) is 40.2 Å². The van der Waals surface area contributed by atoms with Gasteiger partial charge in [0.25, 0.3) is 16.1 Å². The first-order chi connectivity index (χ1) is 7.76. The van der Waals surface area contributed by atoms with Crippen LogP contribution in [0.2, 0.25) is 0 Å². The maximum atomic E-state index is 5.33. The van der Waals surface area contributed by atoms with E-state index in [1.165, 1.54) is 0 Å². The van der Waals surface area contributed by atoms with Crippen LogP contribution in [0.4, 0.5) is 0 Å². The molecule has 5 nitrogen and oxygen atoms in total. The van der Waals surface area contributed by atoms with E-state index in [0.717, 1.165) is 35.0 Å². The lowest BCUT2D eigenvalue weighted by Crippen LogP contribution is -2.49. The molecular weight excluding hydrogens is 205 g/mol. The molecule has 0 aliphatic carbocycles. The van der Waals surface area contributed by atoms with Crippen molar-refractivity contribution in [2.45, 2.75) is 25.6 Å². The van der Waals surface area contributed by atoms with Crippen LogP contribution in [0.25, 0.3) is 0 Å². The summed E-state index contributed by atoms with van der Waals surface area (Å²) in [5, 5.41) is 0. The van der Waals surface area contributed by atoms with Crippen LogP contribution >= 0.6 is 0 Å². The second-order valence-corrected chi connectivity index (χ2v) is 3.55. The van der Waals surface area contributed by atoms with Crippen LogP contribution in [0, 0.1) is 0 Å². The maximum absolute atomic E-state index is 5.33. The van der Waals surface area contributed by atoms with Gasteiger partial charge < -0.3 is 23.4 Å². The molecule has 1 saturated heterocycles. The number of rotatable bonds is 7. The third-order valence-electron chi connectivity index (χ3n) is 2.70. The summed E-state index contributed by atoms with van der Waals surface area (Å²) in [6.45, 7) is 4.85. The van der Waals surface area contributed by atoms with E-state index in [0.29, 0.717) is 12.8 Å². The van der Waals surface area contributed by atoms with Crippen LogP contribution in [-0.2, 0) is 18.5 Å². The van der Waals surface area contributed by atoms with E-state index >= 15 is 0 Å². The van der Waals surface area contributed by atoms with E-state index in [1.54, 1.807) is 0 Å². The lowest BCUT2D eigenvalue weighted by molar-refractivity contribution is -0.157. The molecule has 0 aromatic rings. The van der Waals surface area contributed by atoms with Crippen molar-refractivity contribution in [2.24, 2.45) is 0 Å². The number of nitrogens with zero attached hydrogens (tertiary/aromatic N) is 1. The molecule has 9 heteroatoms. The van der Waals surface area contributed by atoms with E-state index in [2.05, 4.69) is 21.0 Å². The summed E-state index contributed by atoms with van der Waals surface area (Å²) in [5.74, 6) is -0.801. The molecule has 0 spiro atoms. The molecule has 0 amide bonds. The van der Waals surface area contributed by atoms with Crippen LogP contribution in [0.15, 0.2) is 0 Å². The Morgan fingerprint density at radius 1 is 1.12 bits per heavy atom. The van der Waals surface area contributed by atoms with E-state index in [1.807, 2.05) is 0 Å². The maximum Gasteiger partial charge on any atom is 0.472 e. The van der Waals surface area contributed by atoms with Gasteiger partial charge in [0.15, 0.2) is 0 Å². The van der Waals surface area contributed by atoms with Gasteiger partial charge in [0.1, 0.15) is 5.79 Å². The molecule has 0 bridgehead atoms. The van der Waals surface area contributed by atoms with Gasteiger partial charge in [0.05, 0.1) is 0 Å². The van der Waals surface area contributed by atoms with Crippen molar-refractivity contribution in [1.29, 1.82) is 0 Å². The fourth-order valence-electron chi connectivity index (χ4n) is 1.70. The van der Waals surface area contributed by atoms with E-state index in [4.69, 9.17) is 25.4 Å². The predicted molar refractivity (Wildman–Crippen MR) is 61.4 cm³/mol. The minimum atomic E-state index is -0.801. The summed E-state index contributed by atoms with van der Waals surface area (Å²) in [4.78, 5) is 2.29. The van der Waals surface area contributed by atoms with Crippen LogP contribution in [0.5, 0.6) is 0 Å². The molecular formula is C7H13B4NO4. The molecule has 1 aliphatic rings.